The van der Waals surface area contributed by atoms with Crippen LogP contribution in [-0.2, 0) is 11.3 Å². The van der Waals surface area contributed by atoms with Crippen molar-refractivity contribution in [1.82, 2.24) is 10.2 Å². The number of carbonyl (C=O) groups is 1. The third-order valence-electron chi connectivity index (χ3n) is 3.90. The average Bonchev–Trinajstić information content (AvgIpc) is 2.41. The number of benzene rings is 1. The number of hydrogen-bond donors (Lipinski definition) is 2. The monoisotopic (exact) mass is 275 g/mol. The standard InChI is InChI=1S/C16H25N3O/c1-16(9-6-10-17-12-16)15(20)18-14-8-5-4-7-13(14)11-19(2)3/h4-5,7-8,17H,6,9-12H2,1-3H3,(H,18,20). The van der Waals surface area contributed by atoms with E-state index in [1.165, 1.54) is 0 Å². The van der Waals surface area contributed by atoms with E-state index >= 15 is 0 Å². The molecule has 1 unspecified atom stereocenters. The Morgan fingerprint density at radius 1 is 1.40 bits per heavy atom. The predicted molar refractivity (Wildman–Crippen MR) is 82.7 cm³/mol. The van der Waals surface area contributed by atoms with E-state index in [9.17, 15) is 4.79 Å². The molecule has 0 aliphatic carbocycles. The maximum Gasteiger partial charge on any atom is 0.231 e. The molecule has 1 aromatic rings. The van der Waals surface area contributed by atoms with Gasteiger partial charge >= 0.3 is 0 Å². The van der Waals surface area contributed by atoms with Crippen LogP contribution in [0.15, 0.2) is 24.3 Å². The van der Waals surface area contributed by atoms with Crippen LogP contribution in [0.3, 0.4) is 0 Å². The van der Waals surface area contributed by atoms with E-state index in [2.05, 4.69) is 21.6 Å². The van der Waals surface area contributed by atoms with Gasteiger partial charge < -0.3 is 15.5 Å². The molecule has 2 rings (SSSR count). The maximum atomic E-state index is 12.6. The van der Waals surface area contributed by atoms with E-state index in [1.54, 1.807) is 0 Å². The molecule has 4 heteroatoms. The molecule has 4 nitrogen and oxygen atoms in total. The lowest BCUT2D eigenvalue weighted by Gasteiger charge is -2.33. The van der Waals surface area contributed by atoms with Crippen molar-refractivity contribution in [2.24, 2.45) is 5.41 Å². The first kappa shape index (κ1) is 15.0. The van der Waals surface area contributed by atoms with Gasteiger partial charge in [0.1, 0.15) is 0 Å². The molecular formula is C16H25N3O. The van der Waals surface area contributed by atoms with Crippen LogP contribution in [0, 0.1) is 5.41 Å². The van der Waals surface area contributed by atoms with E-state index in [0.29, 0.717) is 0 Å². The molecule has 1 heterocycles. The molecule has 0 aromatic heterocycles. The second-order valence-corrected chi connectivity index (χ2v) is 6.19. The number of piperidine rings is 1. The highest BCUT2D eigenvalue weighted by Crippen LogP contribution is 2.28. The lowest BCUT2D eigenvalue weighted by molar-refractivity contribution is -0.125. The van der Waals surface area contributed by atoms with Gasteiger partial charge in [0.05, 0.1) is 5.41 Å². The number of anilines is 1. The van der Waals surface area contributed by atoms with Gasteiger partial charge in [0, 0.05) is 18.8 Å². The zero-order valence-electron chi connectivity index (χ0n) is 12.7. The van der Waals surface area contributed by atoms with Crippen molar-refractivity contribution in [1.29, 1.82) is 0 Å². The fourth-order valence-electron chi connectivity index (χ4n) is 2.64. The van der Waals surface area contributed by atoms with E-state index in [-0.39, 0.29) is 11.3 Å². The number of nitrogens with one attached hydrogen (secondary N) is 2. The number of hydrogen-bond acceptors (Lipinski definition) is 3. The summed E-state index contributed by atoms with van der Waals surface area (Å²) in [6, 6.07) is 8.03. The first-order chi connectivity index (χ1) is 9.51. The van der Waals surface area contributed by atoms with Crippen molar-refractivity contribution in [3.63, 3.8) is 0 Å². The molecule has 2 N–H and O–H groups in total. The molecule has 0 spiro atoms. The highest BCUT2D eigenvalue weighted by molar-refractivity contribution is 5.96. The maximum absolute atomic E-state index is 12.6. The molecule has 0 saturated carbocycles. The summed E-state index contributed by atoms with van der Waals surface area (Å²) in [4.78, 5) is 14.7. The zero-order chi connectivity index (χ0) is 14.6. The highest BCUT2D eigenvalue weighted by Gasteiger charge is 2.34. The Bertz CT molecular complexity index is 465. The van der Waals surface area contributed by atoms with Crippen molar-refractivity contribution in [2.45, 2.75) is 26.3 Å². The predicted octanol–water partition coefficient (Wildman–Crippen LogP) is 2.08. The quantitative estimate of drug-likeness (QED) is 0.884. The Morgan fingerprint density at radius 2 is 2.15 bits per heavy atom. The summed E-state index contributed by atoms with van der Waals surface area (Å²) < 4.78 is 0. The molecule has 0 radical (unpaired) electrons. The second kappa shape index (κ2) is 6.37. The van der Waals surface area contributed by atoms with Gasteiger partial charge in [-0.3, -0.25) is 4.79 Å². The number of nitrogens with zero attached hydrogens (tertiary/aromatic N) is 1. The minimum absolute atomic E-state index is 0.121. The van der Waals surface area contributed by atoms with Crippen LogP contribution < -0.4 is 10.6 Å². The molecule has 1 aliphatic rings. The molecule has 1 aromatic carbocycles. The Labute approximate surface area is 121 Å². The van der Waals surface area contributed by atoms with Gasteiger partial charge in [0.2, 0.25) is 5.91 Å². The zero-order valence-corrected chi connectivity index (χ0v) is 12.7. The summed E-state index contributed by atoms with van der Waals surface area (Å²) in [5.41, 5.74) is 1.78. The SMILES string of the molecule is CN(C)Cc1ccccc1NC(=O)C1(C)CCCNC1. The van der Waals surface area contributed by atoms with Gasteiger partial charge in [0.25, 0.3) is 0 Å². The van der Waals surface area contributed by atoms with Crippen LogP contribution in [0.2, 0.25) is 0 Å². The van der Waals surface area contributed by atoms with E-state index < -0.39 is 0 Å². The topological polar surface area (TPSA) is 44.4 Å². The van der Waals surface area contributed by atoms with Crippen LogP contribution in [0.4, 0.5) is 5.69 Å². The average molecular weight is 275 g/mol. The third-order valence-corrected chi connectivity index (χ3v) is 3.90. The van der Waals surface area contributed by atoms with Crippen molar-refractivity contribution in [3.8, 4) is 0 Å². The summed E-state index contributed by atoms with van der Waals surface area (Å²) in [5.74, 6) is 0.121. The molecular weight excluding hydrogens is 250 g/mol. The fourth-order valence-corrected chi connectivity index (χ4v) is 2.64. The molecule has 1 atom stereocenters. The number of carbonyl (C=O) groups excluding carboxylic acids is 1. The highest BCUT2D eigenvalue weighted by atomic mass is 16.2. The smallest absolute Gasteiger partial charge is 0.231 e. The van der Waals surface area contributed by atoms with Crippen LogP contribution >= 0.6 is 0 Å². The Morgan fingerprint density at radius 3 is 2.80 bits per heavy atom. The minimum atomic E-state index is -0.302. The summed E-state index contributed by atoms with van der Waals surface area (Å²) >= 11 is 0. The van der Waals surface area contributed by atoms with Gasteiger partial charge in [-0.2, -0.15) is 0 Å². The molecule has 1 amide bonds. The first-order valence-electron chi connectivity index (χ1n) is 7.26. The van der Waals surface area contributed by atoms with Gasteiger partial charge in [-0.1, -0.05) is 18.2 Å². The lowest BCUT2D eigenvalue weighted by atomic mass is 9.82. The van der Waals surface area contributed by atoms with Gasteiger partial charge in [0.15, 0.2) is 0 Å². The Balaban J connectivity index is 2.11. The van der Waals surface area contributed by atoms with Gasteiger partial charge in [-0.15, -0.1) is 0 Å². The summed E-state index contributed by atoms with van der Waals surface area (Å²) in [5, 5.41) is 6.44. The molecule has 0 bridgehead atoms. The summed E-state index contributed by atoms with van der Waals surface area (Å²) in [6.45, 7) is 4.64. The van der Waals surface area contributed by atoms with Crippen molar-refractivity contribution >= 4 is 11.6 Å². The molecule has 20 heavy (non-hydrogen) atoms. The molecule has 1 saturated heterocycles. The first-order valence-corrected chi connectivity index (χ1v) is 7.26. The lowest BCUT2D eigenvalue weighted by Crippen LogP contribution is -2.46. The van der Waals surface area contributed by atoms with Crippen molar-refractivity contribution < 1.29 is 4.79 Å². The molecule has 110 valence electrons. The van der Waals surface area contributed by atoms with E-state index in [0.717, 1.165) is 43.7 Å². The third kappa shape index (κ3) is 3.58. The van der Waals surface area contributed by atoms with Crippen molar-refractivity contribution in [3.05, 3.63) is 29.8 Å². The van der Waals surface area contributed by atoms with Gasteiger partial charge in [-0.05, 0) is 52.0 Å². The Hall–Kier alpha value is -1.39. The number of para-hydroxylation sites is 1. The minimum Gasteiger partial charge on any atom is -0.325 e. The van der Waals surface area contributed by atoms with Crippen LogP contribution in [0.25, 0.3) is 0 Å². The second-order valence-electron chi connectivity index (χ2n) is 6.19. The number of rotatable bonds is 4. The largest absolute Gasteiger partial charge is 0.325 e. The summed E-state index contributed by atoms with van der Waals surface area (Å²) in [7, 11) is 4.07. The Kier molecular flexibility index (Phi) is 4.78. The molecule has 1 aliphatic heterocycles. The van der Waals surface area contributed by atoms with Gasteiger partial charge in [-0.25, -0.2) is 0 Å². The fraction of sp³-hybridized carbons (Fsp3) is 0.562. The van der Waals surface area contributed by atoms with Crippen LogP contribution in [0.5, 0.6) is 0 Å². The van der Waals surface area contributed by atoms with Crippen molar-refractivity contribution in [2.75, 3.05) is 32.5 Å². The number of amides is 1. The van der Waals surface area contributed by atoms with Crippen LogP contribution in [0.1, 0.15) is 25.3 Å². The van der Waals surface area contributed by atoms with E-state index in [4.69, 9.17) is 0 Å². The van der Waals surface area contributed by atoms with Crippen LogP contribution in [-0.4, -0.2) is 38.0 Å². The normalized spacial score (nSPS) is 22.8. The van der Waals surface area contributed by atoms with E-state index in [1.807, 2.05) is 39.2 Å². The molecule has 1 fully saturated rings. The summed E-state index contributed by atoms with van der Waals surface area (Å²) in [6.07, 6.45) is 2.00.